The molecule has 0 aromatic carbocycles. The zero-order chi connectivity index (χ0) is 12.5. The first kappa shape index (κ1) is 14.0. The van der Waals surface area contributed by atoms with E-state index < -0.39 is 0 Å². The molecule has 5 nitrogen and oxygen atoms in total. The molecule has 0 saturated heterocycles. The summed E-state index contributed by atoms with van der Waals surface area (Å²) in [6, 6.07) is 0.316. The summed E-state index contributed by atoms with van der Waals surface area (Å²) < 4.78 is 9.91. The fourth-order valence-electron chi connectivity index (χ4n) is 1.33. The van der Waals surface area contributed by atoms with Crippen molar-refractivity contribution < 1.29 is 9.47 Å². The van der Waals surface area contributed by atoms with Crippen molar-refractivity contribution in [1.29, 1.82) is 0 Å². The number of rotatable bonds is 8. The number of hydrogen-bond acceptors (Lipinski definition) is 5. The van der Waals surface area contributed by atoms with E-state index in [1.165, 1.54) is 13.3 Å². The van der Waals surface area contributed by atoms with E-state index in [0.717, 1.165) is 32.4 Å². The van der Waals surface area contributed by atoms with Gasteiger partial charge in [0.15, 0.2) is 5.82 Å². The van der Waals surface area contributed by atoms with Crippen LogP contribution in [0.5, 0.6) is 6.01 Å². The Bertz CT molecular complexity index is 336. The van der Waals surface area contributed by atoms with Gasteiger partial charge in [-0.3, -0.25) is 0 Å². The monoisotopic (exact) mass is 259 g/mol. The number of methoxy groups -OCH3 is 2. The number of aromatic nitrogens is 2. The van der Waals surface area contributed by atoms with Crippen LogP contribution in [-0.4, -0.2) is 37.3 Å². The highest BCUT2D eigenvalue weighted by Gasteiger charge is 2.04. The SMILES string of the molecule is COCCCCCNc1nc(OC)ncc1Cl. The molecule has 17 heavy (non-hydrogen) atoms. The molecule has 1 N–H and O–H groups in total. The number of unbranched alkanes of at least 4 members (excludes halogenated alkanes) is 2. The zero-order valence-electron chi connectivity index (χ0n) is 10.2. The smallest absolute Gasteiger partial charge is 0.318 e. The van der Waals surface area contributed by atoms with E-state index in [0.29, 0.717) is 16.9 Å². The fourth-order valence-corrected chi connectivity index (χ4v) is 1.49. The maximum Gasteiger partial charge on any atom is 0.318 e. The molecule has 0 aliphatic rings. The molecule has 96 valence electrons. The molecule has 0 radical (unpaired) electrons. The molecule has 0 bridgehead atoms. The van der Waals surface area contributed by atoms with Crippen molar-refractivity contribution >= 4 is 17.4 Å². The molecule has 0 saturated carbocycles. The van der Waals surface area contributed by atoms with Crippen LogP contribution in [0.3, 0.4) is 0 Å². The van der Waals surface area contributed by atoms with Crippen molar-refractivity contribution in [2.75, 3.05) is 32.7 Å². The Balaban J connectivity index is 2.30. The molecule has 6 heteroatoms. The van der Waals surface area contributed by atoms with Crippen LogP contribution < -0.4 is 10.1 Å². The van der Waals surface area contributed by atoms with E-state index in [1.807, 2.05) is 0 Å². The third-order valence-corrected chi connectivity index (χ3v) is 2.50. The third-order valence-electron chi connectivity index (χ3n) is 2.22. The number of ether oxygens (including phenoxy) is 2. The van der Waals surface area contributed by atoms with Crippen molar-refractivity contribution in [3.05, 3.63) is 11.2 Å². The molecular formula is C11H18ClN3O2. The van der Waals surface area contributed by atoms with Crippen LogP contribution in [0, 0.1) is 0 Å². The fraction of sp³-hybridized carbons (Fsp3) is 0.636. The van der Waals surface area contributed by atoms with Crippen molar-refractivity contribution in [3.63, 3.8) is 0 Å². The molecule has 0 aliphatic heterocycles. The van der Waals surface area contributed by atoms with Gasteiger partial charge in [-0.25, -0.2) is 4.98 Å². The van der Waals surface area contributed by atoms with Gasteiger partial charge < -0.3 is 14.8 Å². The predicted octanol–water partition coefficient (Wildman–Crippen LogP) is 2.37. The third kappa shape index (κ3) is 5.19. The van der Waals surface area contributed by atoms with E-state index in [2.05, 4.69) is 15.3 Å². The van der Waals surface area contributed by atoms with Gasteiger partial charge in [0.1, 0.15) is 5.02 Å². The lowest BCUT2D eigenvalue weighted by Crippen LogP contribution is -2.05. The van der Waals surface area contributed by atoms with Gasteiger partial charge in [0.2, 0.25) is 0 Å². The lowest BCUT2D eigenvalue weighted by molar-refractivity contribution is 0.192. The maximum atomic E-state index is 5.95. The summed E-state index contributed by atoms with van der Waals surface area (Å²) in [5.41, 5.74) is 0. The minimum Gasteiger partial charge on any atom is -0.467 e. The Kier molecular flexibility index (Phi) is 6.65. The topological polar surface area (TPSA) is 56.3 Å². The number of hydrogen-bond donors (Lipinski definition) is 1. The molecule has 0 fully saturated rings. The Hall–Kier alpha value is -1.07. The number of halogens is 1. The van der Waals surface area contributed by atoms with Gasteiger partial charge in [-0.05, 0) is 19.3 Å². The minimum absolute atomic E-state index is 0.316. The van der Waals surface area contributed by atoms with Crippen LogP contribution >= 0.6 is 11.6 Å². The summed E-state index contributed by atoms with van der Waals surface area (Å²) in [4.78, 5) is 8.03. The van der Waals surface area contributed by atoms with Crippen LogP contribution in [-0.2, 0) is 4.74 Å². The van der Waals surface area contributed by atoms with Crippen LogP contribution in [0.4, 0.5) is 5.82 Å². The summed E-state index contributed by atoms with van der Waals surface area (Å²) in [5.74, 6) is 0.616. The average molecular weight is 260 g/mol. The van der Waals surface area contributed by atoms with Crippen LogP contribution in [0.25, 0.3) is 0 Å². The number of nitrogens with one attached hydrogen (secondary N) is 1. The highest BCUT2D eigenvalue weighted by atomic mass is 35.5. The lowest BCUT2D eigenvalue weighted by Gasteiger charge is -2.07. The van der Waals surface area contributed by atoms with E-state index >= 15 is 0 Å². The van der Waals surface area contributed by atoms with Gasteiger partial charge in [0.05, 0.1) is 13.3 Å². The Morgan fingerprint density at radius 1 is 1.29 bits per heavy atom. The molecule has 0 atom stereocenters. The number of anilines is 1. The Morgan fingerprint density at radius 3 is 2.82 bits per heavy atom. The van der Waals surface area contributed by atoms with Crippen LogP contribution in [0.1, 0.15) is 19.3 Å². The first-order valence-corrected chi connectivity index (χ1v) is 5.95. The Labute approximate surface area is 107 Å². The summed E-state index contributed by atoms with van der Waals surface area (Å²) in [6.45, 7) is 1.63. The summed E-state index contributed by atoms with van der Waals surface area (Å²) >= 11 is 5.95. The average Bonchev–Trinajstić information content (AvgIpc) is 2.35. The molecule has 1 heterocycles. The van der Waals surface area contributed by atoms with E-state index in [4.69, 9.17) is 21.1 Å². The maximum absolute atomic E-state index is 5.95. The second kappa shape index (κ2) is 8.08. The molecule has 0 amide bonds. The largest absolute Gasteiger partial charge is 0.467 e. The quantitative estimate of drug-likeness (QED) is 0.727. The summed E-state index contributed by atoms with van der Waals surface area (Å²) in [5, 5.41) is 3.66. The van der Waals surface area contributed by atoms with Crippen molar-refractivity contribution in [2.45, 2.75) is 19.3 Å². The molecule has 1 aromatic heterocycles. The summed E-state index contributed by atoms with van der Waals surface area (Å²) in [6.07, 6.45) is 4.76. The van der Waals surface area contributed by atoms with E-state index in [9.17, 15) is 0 Å². The number of nitrogens with zero attached hydrogens (tertiary/aromatic N) is 2. The van der Waals surface area contributed by atoms with Crippen molar-refractivity contribution in [3.8, 4) is 6.01 Å². The highest BCUT2D eigenvalue weighted by Crippen LogP contribution is 2.19. The molecule has 0 unspecified atom stereocenters. The molecular weight excluding hydrogens is 242 g/mol. The zero-order valence-corrected chi connectivity index (χ0v) is 11.0. The molecule has 0 aliphatic carbocycles. The van der Waals surface area contributed by atoms with Crippen LogP contribution in [0.15, 0.2) is 6.20 Å². The van der Waals surface area contributed by atoms with Crippen LogP contribution in [0.2, 0.25) is 5.02 Å². The van der Waals surface area contributed by atoms with E-state index in [-0.39, 0.29) is 0 Å². The van der Waals surface area contributed by atoms with Crippen molar-refractivity contribution in [1.82, 2.24) is 9.97 Å². The Morgan fingerprint density at radius 2 is 2.12 bits per heavy atom. The van der Waals surface area contributed by atoms with Gasteiger partial charge in [-0.1, -0.05) is 11.6 Å². The van der Waals surface area contributed by atoms with Gasteiger partial charge >= 0.3 is 6.01 Å². The molecule has 1 aromatic rings. The minimum atomic E-state index is 0.316. The molecule has 1 rings (SSSR count). The van der Waals surface area contributed by atoms with E-state index in [1.54, 1.807) is 7.11 Å². The van der Waals surface area contributed by atoms with Gasteiger partial charge in [-0.15, -0.1) is 0 Å². The van der Waals surface area contributed by atoms with Gasteiger partial charge in [0, 0.05) is 20.3 Å². The lowest BCUT2D eigenvalue weighted by atomic mass is 10.2. The second-order valence-electron chi connectivity index (χ2n) is 3.53. The van der Waals surface area contributed by atoms with Gasteiger partial charge in [0.25, 0.3) is 0 Å². The first-order chi connectivity index (χ1) is 8.27. The van der Waals surface area contributed by atoms with Crippen molar-refractivity contribution in [2.24, 2.45) is 0 Å². The summed E-state index contributed by atoms with van der Waals surface area (Å²) in [7, 11) is 3.24. The molecule has 0 spiro atoms. The standard InChI is InChI=1S/C11H18ClN3O2/c1-16-7-5-3-4-6-13-10-9(12)8-14-11(15-10)17-2/h8H,3-7H2,1-2H3,(H,13,14,15). The normalized spacial score (nSPS) is 10.3. The van der Waals surface area contributed by atoms with Gasteiger partial charge in [-0.2, -0.15) is 4.98 Å². The first-order valence-electron chi connectivity index (χ1n) is 5.57. The predicted molar refractivity (Wildman–Crippen MR) is 67.8 cm³/mol. The second-order valence-corrected chi connectivity index (χ2v) is 3.94. The highest BCUT2D eigenvalue weighted by molar-refractivity contribution is 6.32.